The molecule has 2 saturated carbocycles. The molecule has 2 saturated heterocycles. The largest absolute Gasteiger partial charge is 0.394 e. The minimum atomic E-state index is -1.76. The number of hydrogen-bond donors (Lipinski definition) is 14. The van der Waals surface area contributed by atoms with E-state index in [0.717, 1.165) is 0 Å². The standard InChI is InChI=1S/C24H46N8O12/c25-4-9-14(35)16(37)12(32-23(29)30)20(41-9)43-18-7(27)1-8(31-22(39)24(40)2-6(26)3-24)19(17(18)38)44-21-15(36)11(28)13(34)10(5-33)42-21/h6-21,33-38,40H,1-5,25-28H2,(H,31,39)(H4,29,30,32)/t6?,7-,8+,9+,10+,11-,12+,13+,14+,15+,16+,17-,18?,19-,20+,21+,24?/m0/s1. The van der Waals surface area contributed by atoms with Crippen LogP contribution in [0.25, 0.3) is 0 Å². The monoisotopic (exact) mass is 638 g/mol. The van der Waals surface area contributed by atoms with Gasteiger partial charge in [-0.15, -0.1) is 0 Å². The van der Waals surface area contributed by atoms with Crippen molar-refractivity contribution in [3.63, 3.8) is 0 Å². The van der Waals surface area contributed by atoms with Gasteiger partial charge in [0, 0.05) is 31.5 Å². The first-order chi connectivity index (χ1) is 20.6. The summed E-state index contributed by atoms with van der Waals surface area (Å²) in [6, 6.07) is -5.24. The number of aliphatic hydroxyl groups excluding tert-OH is 6. The van der Waals surface area contributed by atoms with Crippen LogP contribution in [-0.4, -0.2) is 164 Å². The Morgan fingerprint density at radius 3 is 2.07 bits per heavy atom. The molecule has 20 N–H and O–H groups in total. The zero-order chi connectivity index (χ0) is 32.7. The molecule has 20 heteroatoms. The number of aliphatic imine (C=N–C) groups is 1. The summed E-state index contributed by atoms with van der Waals surface area (Å²) in [5, 5.41) is 76.5. The van der Waals surface area contributed by atoms with Crippen LogP contribution < -0.4 is 39.7 Å². The molecule has 2 heterocycles. The number of carbonyl (C=O) groups excluding carboxylic acids is 1. The maximum Gasteiger partial charge on any atom is 0.252 e. The van der Waals surface area contributed by atoms with Gasteiger partial charge in [0.05, 0.1) is 18.7 Å². The lowest BCUT2D eigenvalue weighted by Gasteiger charge is -2.49. The first-order valence-electron chi connectivity index (χ1n) is 14.3. The molecular weight excluding hydrogens is 592 g/mol. The summed E-state index contributed by atoms with van der Waals surface area (Å²) in [5.74, 6) is -1.26. The summed E-state index contributed by atoms with van der Waals surface area (Å²) < 4.78 is 23.2. The van der Waals surface area contributed by atoms with Crippen molar-refractivity contribution in [1.29, 1.82) is 0 Å². The molecular formula is C24H46N8O12. The summed E-state index contributed by atoms with van der Waals surface area (Å²) in [6.45, 7) is -0.909. The Morgan fingerprint density at radius 2 is 1.50 bits per heavy atom. The Morgan fingerprint density at radius 1 is 0.886 bits per heavy atom. The third kappa shape index (κ3) is 6.94. The van der Waals surface area contributed by atoms with E-state index in [0.29, 0.717) is 0 Å². The summed E-state index contributed by atoms with van der Waals surface area (Å²) in [4.78, 5) is 16.9. The van der Waals surface area contributed by atoms with Gasteiger partial charge in [-0.1, -0.05) is 0 Å². The number of nitrogens with one attached hydrogen (secondary N) is 1. The van der Waals surface area contributed by atoms with Crippen LogP contribution in [-0.2, 0) is 23.7 Å². The van der Waals surface area contributed by atoms with Gasteiger partial charge in [0.2, 0.25) is 0 Å². The average Bonchev–Trinajstić information content (AvgIpc) is 2.95. The van der Waals surface area contributed by atoms with Gasteiger partial charge >= 0.3 is 0 Å². The van der Waals surface area contributed by atoms with Crippen molar-refractivity contribution >= 4 is 11.9 Å². The van der Waals surface area contributed by atoms with Crippen molar-refractivity contribution in [1.82, 2.24) is 5.32 Å². The van der Waals surface area contributed by atoms with E-state index in [9.17, 15) is 40.5 Å². The summed E-state index contributed by atoms with van der Waals surface area (Å²) in [6.07, 6.45) is -16.3. The summed E-state index contributed by atoms with van der Waals surface area (Å²) >= 11 is 0. The van der Waals surface area contributed by atoms with Crippen LogP contribution >= 0.6 is 0 Å². The van der Waals surface area contributed by atoms with Gasteiger partial charge in [0.15, 0.2) is 18.5 Å². The molecule has 1 unspecified atom stereocenters. The SMILES string of the molecule is NC[C@H]1O[C@H](OC2[C@@H](N)C[C@@H](NC(=O)C3(O)CC(N)C3)[C@H](O[C@H]3O[C@H](CO)[C@@H](O)[C@H](N)[C@H]3O)[C@H]2O)[C@H](N=C(N)N)[C@@H](O)[C@@H]1O. The predicted molar refractivity (Wildman–Crippen MR) is 147 cm³/mol. The number of ether oxygens (including phenoxy) is 4. The molecule has 0 bridgehead atoms. The molecule has 15 atom stereocenters. The summed E-state index contributed by atoms with van der Waals surface area (Å²) in [7, 11) is 0. The van der Waals surface area contributed by atoms with Crippen LogP contribution in [0.4, 0.5) is 0 Å². The fourth-order valence-corrected chi connectivity index (χ4v) is 6.10. The third-order valence-electron chi connectivity index (χ3n) is 8.68. The normalized spacial score (nSPS) is 49.5. The first kappa shape index (κ1) is 35.0. The van der Waals surface area contributed by atoms with E-state index in [1.165, 1.54) is 0 Å². The Balaban J connectivity index is 1.61. The molecule has 1 amide bonds. The lowest BCUT2D eigenvalue weighted by atomic mass is 9.75. The van der Waals surface area contributed by atoms with Gasteiger partial charge in [-0.05, 0) is 6.42 Å². The highest BCUT2D eigenvalue weighted by Crippen LogP contribution is 2.35. The minimum absolute atomic E-state index is 0.00548. The quantitative estimate of drug-likeness (QED) is 0.0822. The lowest BCUT2D eigenvalue weighted by molar-refractivity contribution is -0.319. The molecule has 0 aromatic carbocycles. The maximum atomic E-state index is 13.0. The van der Waals surface area contributed by atoms with Crippen molar-refractivity contribution in [3.8, 4) is 0 Å². The van der Waals surface area contributed by atoms with Gasteiger partial charge < -0.3 is 94.4 Å². The van der Waals surface area contributed by atoms with Crippen LogP contribution in [0, 0.1) is 0 Å². The summed E-state index contributed by atoms with van der Waals surface area (Å²) in [5.41, 5.74) is 33.0. The Kier molecular flexibility index (Phi) is 11.0. The maximum absolute atomic E-state index is 13.0. The van der Waals surface area contributed by atoms with E-state index < -0.39 is 116 Å². The molecule has 4 rings (SSSR count). The van der Waals surface area contributed by atoms with Gasteiger partial charge in [0.1, 0.15) is 66.6 Å². The minimum Gasteiger partial charge on any atom is -0.394 e. The van der Waals surface area contributed by atoms with Crippen LogP contribution in [0.5, 0.6) is 0 Å². The molecule has 2 aliphatic heterocycles. The van der Waals surface area contributed by atoms with Crippen molar-refractivity contribution < 1.29 is 59.5 Å². The van der Waals surface area contributed by atoms with E-state index in [-0.39, 0.29) is 31.8 Å². The fraction of sp³-hybridized carbons (Fsp3) is 0.917. The Hall–Kier alpha value is -1.86. The second-order valence-corrected chi connectivity index (χ2v) is 12.0. The van der Waals surface area contributed by atoms with E-state index in [2.05, 4.69) is 10.3 Å². The van der Waals surface area contributed by atoms with E-state index in [1.54, 1.807) is 0 Å². The van der Waals surface area contributed by atoms with Crippen molar-refractivity contribution in [2.75, 3.05) is 13.2 Å². The second kappa shape index (κ2) is 13.9. The highest BCUT2D eigenvalue weighted by molar-refractivity contribution is 5.86. The predicted octanol–water partition coefficient (Wildman–Crippen LogP) is -9.00. The first-order valence-corrected chi connectivity index (χ1v) is 14.3. The number of nitrogens with two attached hydrogens (primary N) is 6. The fourth-order valence-electron chi connectivity index (χ4n) is 6.10. The van der Waals surface area contributed by atoms with Crippen LogP contribution in [0.15, 0.2) is 4.99 Å². The molecule has 0 aromatic rings. The molecule has 2 aliphatic carbocycles. The van der Waals surface area contributed by atoms with Gasteiger partial charge in [-0.3, -0.25) is 4.79 Å². The highest BCUT2D eigenvalue weighted by Gasteiger charge is 2.54. The van der Waals surface area contributed by atoms with Gasteiger partial charge in [0.25, 0.3) is 5.91 Å². The van der Waals surface area contributed by atoms with Gasteiger partial charge in [-0.2, -0.15) is 0 Å². The number of amides is 1. The Bertz CT molecular complexity index is 1020. The van der Waals surface area contributed by atoms with Crippen molar-refractivity contribution in [2.24, 2.45) is 39.4 Å². The number of nitrogens with zero attached hydrogens (tertiary/aromatic N) is 1. The second-order valence-electron chi connectivity index (χ2n) is 12.0. The molecule has 4 aliphatic rings. The number of rotatable bonds is 9. The molecule has 0 spiro atoms. The molecule has 44 heavy (non-hydrogen) atoms. The molecule has 254 valence electrons. The number of hydrogen-bond acceptors (Lipinski definition) is 17. The average molecular weight is 639 g/mol. The number of guanidine groups is 1. The molecule has 20 nitrogen and oxygen atoms in total. The smallest absolute Gasteiger partial charge is 0.252 e. The van der Waals surface area contributed by atoms with Gasteiger partial charge in [-0.25, -0.2) is 4.99 Å². The third-order valence-corrected chi connectivity index (χ3v) is 8.68. The lowest BCUT2D eigenvalue weighted by Crippen LogP contribution is -2.70. The van der Waals surface area contributed by atoms with Crippen LogP contribution in [0.2, 0.25) is 0 Å². The highest BCUT2D eigenvalue weighted by atomic mass is 16.7. The van der Waals surface area contributed by atoms with Crippen LogP contribution in [0.3, 0.4) is 0 Å². The van der Waals surface area contributed by atoms with Crippen molar-refractivity contribution in [3.05, 3.63) is 0 Å². The van der Waals surface area contributed by atoms with Crippen LogP contribution in [0.1, 0.15) is 19.3 Å². The number of aliphatic hydroxyl groups is 7. The van der Waals surface area contributed by atoms with E-state index in [4.69, 9.17) is 53.3 Å². The van der Waals surface area contributed by atoms with Crippen molar-refractivity contribution in [2.45, 2.75) is 123 Å². The Labute approximate surface area is 252 Å². The zero-order valence-corrected chi connectivity index (χ0v) is 23.9. The van der Waals surface area contributed by atoms with E-state index in [1.807, 2.05) is 0 Å². The molecule has 4 fully saturated rings. The molecule has 0 radical (unpaired) electrons. The van der Waals surface area contributed by atoms with E-state index >= 15 is 0 Å². The molecule has 0 aromatic heterocycles. The number of carbonyl (C=O) groups is 1. The topological polar surface area (TPSA) is 376 Å². The zero-order valence-electron chi connectivity index (χ0n) is 23.9.